The van der Waals surface area contributed by atoms with Crippen LogP contribution in [0.5, 0.6) is 0 Å². The largest absolute Gasteiger partial charge is 0.381 e. The molecule has 0 aromatic carbocycles. The van der Waals surface area contributed by atoms with E-state index in [4.69, 9.17) is 4.74 Å². The third-order valence-electron chi connectivity index (χ3n) is 0.781. The highest BCUT2D eigenvalue weighted by Gasteiger charge is 2.06. The minimum Gasteiger partial charge on any atom is -0.381 e. The molecule has 0 aromatic heterocycles. The molecule has 0 aliphatic rings. The molecule has 0 radical (unpaired) electrons. The minimum atomic E-state index is 0.324. The monoisotopic (exact) mass is 160 g/mol. The molecule has 0 aliphatic carbocycles. The Bertz CT molecular complexity index is 102. The molecule has 0 saturated carbocycles. The van der Waals surface area contributed by atoms with Gasteiger partial charge in [-0.25, -0.2) is 0 Å². The van der Waals surface area contributed by atoms with Gasteiger partial charge in [-0.3, -0.25) is 0 Å². The number of thioether (sulfide) groups is 1. The first-order chi connectivity index (χ1) is 4.56. The van der Waals surface area contributed by atoms with Crippen LogP contribution in [0.4, 0.5) is 0 Å². The van der Waals surface area contributed by atoms with Gasteiger partial charge in [0, 0.05) is 11.9 Å². The van der Waals surface area contributed by atoms with E-state index < -0.39 is 0 Å². The number of methoxy groups -OCH3 is 1. The molecule has 0 rings (SSSR count). The molecule has 0 unspecified atom stereocenters. The predicted molar refractivity (Wildman–Crippen MR) is 48.4 cm³/mol. The Morgan fingerprint density at radius 1 is 1.40 bits per heavy atom. The van der Waals surface area contributed by atoms with Crippen molar-refractivity contribution in [1.82, 2.24) is 0 Å². The number of hydrogen-bond donors (Lipinski definition) is 0. The maximum atomic E-state index is 4.86. The van der Waals surface area contributed by atoms with Crippen LogP contribution < -0.4 is 0 Å². The van der Waals surface area contributed by atoms with Crippen molar-refractivity contribution in [2.24, 2.45) is 0 Å². The summed E-state index contributed by atoms with van der Waals surface area (Å²) in [6, 6.07) is 0. The fraction of sp³-hybridized carbons (Fsp3) is 0.750. The van der Waals surface area contributed by atoms with Gasteiger partial charge in [-0.1, -0.05) is 26.8 Å². The SMILES string of the molecule is COC/C=C\SC(C)(C)C. The van der Waals surface area contributed by atoms with Gasteiger partial charge in [0.25, 0.3) is 0 Å². The number of ether oxygens (including phenoxy) is 1. The van der Waals surface area contributed by atoms with Crippen LogP contribution in [-0.4, -0.2) is 18.5 Å². The van der Waals surface area contributed by atoms with Gasteiger partial charge in [-0.15, -0.1) is 11.8 Å². The highest BCUT2D eigenvalue weighted by molar-refractivity contribution is 8.03. The summed E-state index contributed by atoms with van der Waals surface area (Å²) in [6.45, 7) is 7.28. The molecule has 0 N–H and O–H groups in total. The van der Waals surface area contributed by atoms with Gasteiger partial charge in [0.2, 0.25) is 0 Å². The fourth-order valence-corrected chi connectivity index (χ4v) is 0.971. The summed E-state index contributed by atoms with van der Waals surface area (Å²) in [4.78, 5) is 0. The normalized spacial score (nSPS) is 12.8. The molecule has 0 saturated heterocycles. The lowest BCUT2D eigenvalue weighted by Gasteiger charge is -2.13. The molecule has 0 fully saturated rings. The summed E-state index contributed by atoms with van der Waals surface area (Å²) in [5.41, 5.74) is 0. The topological polar surface area (TPSA) is 9.23 Å². The van der Waals surface area contributed by atoms with E-state index in [1.807, 2.05) is 17.8 Å². The Kier molecular flexibility index (Phi) is 4.83. The van der Waals surface area contributed by atoms with Gasteiger partial charge in [-0.2, -0.15) is 0 Å². The molecule has 0 aromatic rings. The number of hydrogen-bond acceptors (Lipinski definition) is 2. The van der Waals surface area contributed by atoms with Crippen LogP contribution in [-0.2, 0) is 4.74 Å². The summed E-state index contributed by atoms with van der Waals surface area (Å²) < 4.78 is 5.18. The highest BCUT2D eigenvalue weighted by Crippen LogP contribution is 2.23. The van der Waals surface area contributed by atoms with Gasteiger partial charge in [0.05, 0.1) is 6.61 Å². The summed E-state index contributed by atoms with van der Waals surface area (Å²) in [5, 5.41) is 2.09. The summed E-state index contributed by atoms with van der Waals surface area (Å²) in [5.74, 6) is 0. The molecular weight excluding hydrogens is 144 g/mol. The van der Waals surface area contributed by atoms with Crippen molar-refractivity contribution >= 4 is 11.8 Å². The molecular formula is C8H16OS. The third-order valence-corrected chi connectivity index (χ3v) is 1.82. The first kappa shape index (κ1) is 10.0. The first-order valence-electron chi connectivity index (χ1n) is 3.38. The fourth-order valence-electron chi connectivity index (χ4n) is 0.388. The van der Waals surface area contributed by atoms with Gasteiger partial charge >= 0.3 is 0 Å². The van der Waals surface area contributed by atoms with E-state index in [9.17, 15) is 0 Å². The number of rotatable bonds is 3. The molecule has 0 bridgehead atoms. The van der Waals surface area contributed by atoms with E-state index in [0.29, 0.717) is 11.4 Å². The van der Waals surface area contributed by atoms with Crippen LogP contribution in [0.25, 0.3) is 0 Å². The van der Waals surface area contributed by atoms with Gasteiger partial charge in [0.15, 0.2) is 0 Å². The van der Waals surface area contributed by atoms with E-state index in [2.05, 4.69) is 26.2 Å². The maximum Gasteiger partial charge on any atom is 0.0651 e. The van der Waals surface area contributed by atoms with Crippen molar-refractivity contribution in [1.29, 1.82) is 0 Å². The Hall–Kier alpha value is 0.0500. The van der Waals surface area contributed by atoms with E-state index in [0.717, 1.165) is 0 Å². The quantitative estimate of drug-likeness (QED) is 0.627. The van der Waals surface area contributed by atoms with Crippen molar-refractivity contribution in [2.45, 2.75) is 25.5 Å². The van der Waals surface area contributed by atoms with Gasteiger partial charge in [0.1, 0.15) is 0 Å². The molecule has 0 spiro atoms. The Morgan fingerprint density at radius 2 is 2.00 bits per heavy atom. The lowest BCUT2D eigenvalue weighted by molar-refractivity contribution is 0.234. The minimum absolute atomic E-state index is 0.324. The zero-order valence-electron chi connectivity index (χ0n) is 7.18. The van der Waals surface area contributed by atoms with Gasteiger partial charge < -0.3 is 4.74 Å². The average Bonchev–Trinajstić information content (AvgIpc) is 1.78. The Balaban J connectivity index is 3.34. The third kappa shape index (κ3) is 8.05. The van der Waals surface area contributed by atoms with E-state index >= 15 is 0 Å². The van der Waals surface area contributed by atoms with E-state index in [1.54, 1.807) is 7.11 Å². The molecule has 1 nitrogen and oxygen atoms in total. The van der Waals surface area contributed by atoms with E-state index in [1.165, 1.54) is 0 Å². The second-order valence-electron chi connectivity index (χ2n) is 3.06. The van der Waals surface area contributed by atoms with Crippen molar-refractivity contribution < 1.29 is 4.74 Å². The first-order valence-corrected chi connectivity index (χ1v) is 4.26. The average molecular weight is 160 g/mol. The van der Waals surface area contributed by atoms with Crippen molar-refractivity contribution in [3.63, 3.8) is 0 Å². The van der Waals surface area contributed by atoms with Crippen LogP contribution in [0, 0.1) is 0 Å². The Labute approximate surface area is 67.8 Å². The zero-order valence-corrected chi connectivity index (χ0v) is 7.99. The second-order valence-corrected chi connectivity index (χ2v) is 4.79. The molecule has 60 valence electrons. The summed E-state index contributed by atoms with van der Waals surface area (Å²) in [6.07, 6.45) is 2.02. The molecule has 0 atom stereocenters. The van der Waals surface area contributed by atoms with Crippen LogP contribution in [0.15, 0.2) is 11.5 Å². The van der Waals surface area contributed by atoms with Crippen molar-refractivity contribution in [3.05, 3.63) is 11.5 Å². The standard InChI is InChI=1S/C8H16OS/c1-8(2,3)10-7-5-6-9-4/h5,7H,6H2,1-4H3/b7-5-. The summed E-state index contributed by atoms with van der Waals surface area (Å²) >= 11 is 1.81. The lowest BCUT2D eigenvalue weighted by atomic mass is 10.3. The van der Waals surface area contributed by atoms with Gasteiger partial charge in [-0.05, 0) is 5.41 Å². The highest BCUT2D eigenvalue weighted by atomic mass is 32.2. The van der Waals surface area contributed by atoms with Crippen LogP contribution >= 0.6 is 11.8 Å². The molecule has 0 amide bonds. The molecule has 10 heavy (non-hydrogen) atoms. The smallest absolute Gasteiger partial charge is 0.0651 e. The van der Waals surface area contributed by atoms with Crippen LogP contribution in [0.3, 0.4) is 0 Å². The molecule has 0 heterocycles. The lowest BCUT2D eigenvalue weighted by Crippen LogP contribution is -2.04. The zero-order chi connectivity index (χ0) is 8.04. The Morgan fingerprint density at radius 3 is 2.40 bits per heavy atom. The molecule has 0 aliphatic heterocycles. The summed E-state index contributed by atoms with van der Waals surface area (Å²) in [7, 11) is 1.70. The van der Waals surface area contributed by atoms with Crippen molar-refractivity contribution in [3.8, 4) is 0 Å². The second kappa shape index (κ2) is 4.80. The van der Waals surface area contributed by atoms with Crippen LogP contribution in [0.2, 0.25) is 0 Å². The maximum absolute atomic E-state index is 4.86. The van der Waals surface area contributed by atoms with E-state index in [-0.39, 0.29) is 0 Å². The van der Waals surface area contributed by atoms with Crippen LogP contribution in [0.1, 0.15) is 20.8 Å². The van der Waals surface area contributed by atoms with Crippen molar-refractivity contribution in [2.75, 3.05) is 13.7 Å². The predicted octanol–water partition coefficient (Wildman–Crippen LogP) is 2.68. The molecule has 2 heteroatoms.